The molecule has 60 valence electrons. The van der Waals surface area contributed by atoms with Crippen LogP contribution in [-0.4, -0.2) is 5.54 Å². The Bertz CT molecular complexity index is 91.4. The van der Waals surface area contributed by atoms with E-state index in [0.717, 1.165) is 0 Å². The lowest BCUT2D eigenvalue weighted by Gasteiger charge is -2.35. The predicted molar refractivity (Wildman–Crippen MR) is 53.3 cm³/mol. The third kappa shape index (κ3) is 1.84. The largest absolute Gasteiger partial charge is 0.255 e. The van der Waals surface area contributed by atoms with Gasteiger partial charge in [0.25, 0.3) is 0 Å². The summed E-state index contributed by atoms with van der Waals surface area (Å²) in [5.41, 5.74) is 0.499. The molecule has 0 atom stereocenters. The first-order chi connectivity index (χ1) is 4.83. The monoisotopic (exact) mass is 253 g/mol. The summed E-state index contributed by atoms with van der Waals surface area (Å²) in [6.45, 7) is 2.29. The maximum atomic E-state index is 3.44. The molecule has 0 spiro atoms. The molecule has 0 amide bonds. The van der Waals surface area contributed by atoms with Gasteiger partial charge in [0.1, 0.15) is 0 Å². The number of rotatable bonds is 2. The Morgan fingerprint density at radius 1 is 1.30 bits per heavy atom. The Morgan fingerprint density at radius 2 is 1.90 bits per heavy atom. The van der Waals surface area contributed by atoms with E-state index in [9.17, 15) is 0 Å². The molecular formula is C8H16IN. The highest BCUT2D eigenvalue weighted by atomic mass is 127. The zero-order valence-corrected chi connectivity index (χ0v) is 8.78. The third-order valence-electron chi connectivity index (χ3n) is 2.69. The van der Waals surface area contributed by atoms with Gasteiger partial charge in [0.05, 0.1) is 0 Å². The first-order valence-corrected chi connectivity index (χ1v) is 5.29. The Kier molecular flexibility index (Phi) is 3.43. The summed E-state index contributed by atoms with van der Waals surface area (Å²) in [4.78, 5) is 0. The second-order valence-electron chi connectivity index (χ2n) is 3.29. The van der Waals surface area contributed by atoms with E-state index in [4.69, 9.17) is 0 Å². The van der Waals surface area contributed by atoms with Crippen LogP contribution in [0.25, 0.3) is 0 Å². The summed E-state index contributed by atoms with van der Waals surface area (Å²) in [5.74, 6) is 0. The fourth-order valence-corrected chi connectivity index (χ4v) is 2.66. The van der Waals surface area contributed by atoms with Crippen LogP contribution in [0, 0.1) is 0 Å². The minimum atomic E-state index is 0.499. The zero-order valence-electron chi connectivity index (χ0n) is 6.62. The summed E-state index contributed by atoms with van der Waals surface area (Å²) in [6, 6.07) is 0. The highest BCUT2D eigenvalue weighted by Crippen LogP contribution is 2.31. The highest BCUT2D eigenvalue weighted by molar-refractivity contribution is 14.1. The molecular weight excluding hydrogens is 237 g/mol. The summed E-state index contributed by atoms with van der Waals surface area (Å²) >= 11 is 2.31. The van der Waals surface area contributed by atoms with Crippen molar-refractivity contribution in [1.29, 1.82) is 0 Å². The molecule has 0 radical (unpaired) electrons. The van der Waals surface area contributed by atoms with Crippen molar-refractivity contribution in [3.05, 3.63) is 0 Å². The summed E-state index contributed by atoms with van der Waals surface area (Å²) in [7, 11) is 0. The molecule has 0 aromatic heterocycles. The zero-order chi connectivity index (χ0) is 7.45. The van der Waals surface area contributed by atoms with Gasteiger partial charge in [0.15, 0.2) is 0 Å². The van der Waals surface area contributed by atoms with Crippen LogP contribution in [0.15, 0.2) is 0 Å². The molecule has 0 aromatic rings. The van der Waals surface area contributed by atoms with Crippen molar-refractivity contribution in [3.63, 3.8) is 0 Å². The first kappa shape index (κ1) is 8.78. The maximum Gasteiger partial charge on any atom is 0.0272 e. The molecule has 1 nitrogen and oxygen atoms in total. The van der Waals surface area contributed by atoms with Gasteiger partial charge < -0.3 is 0 Å². The molecule has 0 aromatic carbocycles. The molecule has 0 aliphatic heterocycles. The van der Waals surface area contributed by atoms with Gasteiger partial charge >= 0.3 is 0 Å². The van der Waals surface area contributed by atoms with Crippen molar-refractivity contribution in [3.8, 4) is 0 Å². The lowest BCUT2D eigenvalue weighted by molar-refractivity contribution is 0.274. The van der Waals surface area contributed by atoms with Crippen LogP contribution in [0.5, 0.6) is 0 Å². The van der Waals surface area contributed by atoms with Crippen molar-refractivity contribution >= 4 is 22.9 Å². The molecule has 1 rings (SSSR count). The van der Waals surface area contributed by atoms with Crippen molar-refractivity contribution in [2.45, 2.75) is 51.0 Å². The summed E-state index contributed by atoms with van der Waals surface area (Å²) in [6.07, 6.45) is 8.34. The highest BCUT2D eigenvalue weighted by Gasteiger charge is 2.28. The number of hydrogen-bond donors (Lipinski definition) is 1. The van der Waals surface area contributed by atoms with E-state index in [0.29, 0.717) is 5.54 Å². The van der Waals surface area contributed by atoms with Crippen LogP contribution in [0.1, 0.15) is 45.4 Å². The van der Waals surface area contributed by atoms with Crippen LogP contribution in [0.4, 0.5) is 0 Å². The average Bonchev–Trinajstić information content (AvgIpc) is 2.06. The summed E-state index contributed by atoms with van der Waals surface area (Å²) in [5, 5.41) is 0. The molecule has 1 aliphatic rings. The van der Waals surface area contributed by atoms with Gasteiger partial charge in [-0.1, -0.05) is 26.2 Å². The molecule has 1 fully saturated rings. The van der Waals surface area contributed by atoms with Gasteiger partial charge in [0.2, 0.25) is 0 Å². The Hall–Kier alpha value is 0.690. The predicted octanol–water partition coefficient (Wildman–Crippen LogP) is 3.04. The van der Waals surface area contributed by atoms with Gasteiger partial charge in [-0.3, -0.25) is 3.53 Å². The lowest BCUT2D eigenvalue weighted by atomic mass is 9.81. The Balaban J connectivity index is 2.44. The standard InChI is InChI=1S/C8H16IN/c1-2-8(10-9)6-4-3-5-7-8/h10H,2-7H2,1H3. The maximum absolute atomic E-state index is 3.44. The Labute approximate surface area is 77.5 Å². The number of halogens is 1. The Morgan fingerprint density at radius 3 is 2.20 bits per heavy atom. The minimum absolute atomic E-state index is 0.499. The van der Waals surface area contributed by atoms with E-state index in [1.54, 1.807) is 0 Å². The van der Waals surface area contributed by atoms with Gasteiger partial charge in [-0.05, 0) is 19.3 Å². The van der Waals surface area contributed by atoms with Gasteiger partial charge in [-0.2, -0.15) is 0 Å². The van der Waals surface area contributed by atoms with E-state index in [1.165, 1.54) is 38.5 Å². The van der Waals surface area contributed by atoms with Crippen molar-refractivity contribution in [1.82, 2.24) is 3.53 Å². The molecule has 0 heterocycles. The van der Waals surface area contributed by atoms with E-state index in [2.05, 4.69) is 33.3 Å². The molecule has 0 bridgehead atoms. The number of hydrogen-bond acceptors (Lipinski definition) is 1. The smallest absolute Gasteiger partial charge is 0.0272 e. The van der Waals surface area contributed by atoms with E-state index in [1.807, 2.05) is 0 Å². The fourth-order valence-electron chi connectivity index (χ4n) is 1.74. The molecule has 10 heavy (non-hydrogen) atoms. The van der Waals surface area contributed by atoms with E-state index >= 15 is 0 Å². The van der Waals surface area contributed by atoms with E-state index in [-0.39, 0.29) is 0 Å². The normalized spacial score (nSPS) is 24.6. The minimum Gasteiger partial charge on any atom is -0.255 e. The van der Waals surface area contributed by atoms with Crippen molar-refractivity contribution in [2.75, 3.05) is 0 Å². The van der Waals surface area contributed by atoms with Crippen LogP contribution in [0.2, 0.25) is 0 Å². The second-order valence-corrected chi connectivity index (χ2v) is 3.83. The lowest BCUT2D eigenvalue weighted by Crippen LogP contribution is -2.40. The van der Waals surface area contributed by atoms with Crippen LogP contribution in [-0.2, 0) is 0 Å². The molecule has 1 saturated carbocycles. The average molecular weight is 253 g/mol. The van der Waals surface area contributed by atoms with Crippen LogP contribution >= 0.6 is 22.9 Å². The van der Waals surface area contributed by atoms with Crippen LogP contribution in [0.3, 0.4) is 0 Å². The third-order valence-corrected chi connectivity index (χ3v) is 3.83. The molecule has 0 saturated heterocycles. The second kappa shape index (κ2) is 3.90. The first-order valence-electron chi connectivity index (χ1n) is 4.21. The molecule has 2 heteroatoms. The summed E-state index contributed by atoms with van der Waals surface area (Å²) < 4.78 is 3.44. The fraction of sp³-hybridized carbons (Fsp3) is 1.00. The van der Waals surface area contributed by atoms with Crippen molar-refractivity contribution in [2.24, 2.45) is 0 Å². The van der Waals surface area contributed by atoms with Crippen LogP contribution < -0.4 is 3.53 Å². The van der Waals surface area contributed by atoms with Crippen molar-refractivity contribution < 1.29 is 0 Å². The SMILES string of the molecule is CCC1(NI)CCCCC1. The molecule has 0 unspecified atom stereocenters. The van der Waals surface area contributed by atoms with Gasteiger partial charge in [-0.15, -0.1) is 0 Å². The van der Waals surface area contributed by atoms with Gasteiger partial charge in [-0.25, -0.2) is 0 Å². The molecule has 1 N–H and O–H groups in total. The molecule has 1 aliphatic carbocycles. The topological polar surface area (TPSA) is 12.0 Å². The van der Waals surface area contributed by atoms with E-state index < -0.39 is 0 Å². The van der Waals surface area contributed by atoms with Gasteiger partial charge in [0, 0.05) is 28.4 Å². The quantitative estimate of drug-likeness (QED) is 0.589. The number of nitrogens with one attached hydrogen (secondary N) is 1.